The zero-order valence-corrected chi connectivity index (χ0v) is 17.3. The number of amidine groups is 1. The van der Waals surface area contributed by atoms with Gasteiger partial charge in [0.25, 0.3) is 0 Å². The van der Waals surface area contributed by atoms with Gasteiger partial charge in [0.2, 0.25) is 5.91 Å². The number of carbonyl (C=O) groups is 3. The number of allylic oxidation sites excluding steroid dienone is 1. The Labute approximate surface area is 173 Å². The maximum absolute atomic E-state index is 13.0. The van der Waals surface area contributed by atoms with Crippen LogP contribution in [0.5, 0.6) is 0 Å². The predicted molar refractivity (Wildman–Crippen MR) is 110 cm³/mol. The van der Waals surface area contributed by atoms with Gasteiger partial charge in [-0.25, -0.2) is 14.6 Å². The Morgan fingerprint density at radius 3 is 2.55 bits per heavy atom. The van der Waals surface area contributed by atoms with E-state index in [1.165, 1.54) is 24.9 Å². The molecule has 0 saturated carbocycles. The van der Waals surface area contributed by atoms with Crippen LogP contribution in [-0.2, 0) is 19.1 Å². The second-order valence-corrected chi connectivity index (χ2v) is 7.69. The molecule has 1 fully saturated rings. The van der Waals surface area contributed by atoms with Crippen LogP contribution in [0, 0.1) is 0 Å². The topological polar surface area (TPSA) is 85.3 Å². The maximum Gasteiger partial charge on any atom is 0.338 e. The molecule has 3 rings (SSSR count). The summed E-state index contributed by atoms with van der Waals surface area (Å²) in [6, 6.07) is 5.97. The summed E-state index contributed by atoms with van der Waals surface area (Å²) >= 11 is 1.40. The number of methoxy groups -OCH3 is 1. The van der Waals surface area contributed by atoms with E-state index in [4.69, 9.17) is 9.47 Å². The average molecular weight is 414 g/mol. The van der Waals surface area contributed by atoms with E-state index >= 15 is 0 Å². The molecule has 0 N–H and O–H groups in total. The van der Waals surface area contributed by atoms with E-state index in [0.717, 1.165) is 0 Å². The second-order valence-electron chi connectivity index (χ2n) is 6.52. The summed E-state index contributed by atoms with van der Waals surface area (Å²) in [5.74, 6) is -1.11. The second kappa shape index (κ2) is 8.65. The summed E-state index contributed by atoms with van der Waals surface area (Å²) in [4.78, 5) is 43.6. The zero-order chi connectivity index (χ0) is 21.1. The minimum atomic E-state index is -0.678. The summed E-state index contributed by atoms with van der Waals surface area (Å²) in [7, 11) is 1.31. The quantitative estimate of drug-likeness (QED) is 0.525. The molecule has 0 aromatic heterocycles. The smallest absolute Gasteiger partial charge is 0.338 e. The van der Waals surface area contributed by atoms with Crippen molar-refractivity contribution >= 4 is 34.8 Å². The van der Waals surface area contributed by atoms with E-state index in [1.54, 1.807) is 36.1 Å². The van der Waals surface area contributed by atoms with E-state index in [9.17, 15) is 14.4 Å². The van der Waals surface area contributed by atoms with Crippen LogP contribution < -0.4 is 0 Å². The highest BCUT2D eigenvalue weighted by molar-refractivity contribution is 8.15. The summed E-state index contributed by atoms with van der Waals surface area (Å²) in [5, 5.41) is 0.323. The van der Waals surface area contributed by atoms with Gasteiger partial charge in [-0.3, -0.25) is 9.69 Å². The molecule has 29 heavy (non-hydrogen) atoms. The third-order valence-electron chi connectivity index (χ3n) is 4.72. The van der Waals surface area contributed by atoms with Crippen molar-refractivity contribution in [3.8, 4) is 0 Å². The van der Waals surface area contributed by atoms with Crippen molar-refractivity contribution in [1.29, 1.82) is 0 Å². The lowest BCUT2D eigenvalue weighted by Crippen LogP contribution is -2.40. The van der Waals surface area contributed by atoms with Crippen LogP contribution in [0.4, 0.5) is 0 Å². The first-order chi connectivity index (χ1) is 13.9. The number of hydrogen-bond acceptors (Lipinski definition) is 7. The predicted octanol–water partition coefficient (Wildman–Crippen LogP) is 3.24. The monoisotopic (exact) mass is 414 g/mol. The number of aliphatic imine (C=N–C) groups is 1. The summed E-state index contributed by atoms with van der Waals surface area (Å²) < 4.78 is 10.0. The highest BCUT2D eigenvalue weighted by Gasteiger charge is 2.47. The molecule has 0 aliphatic carbocycles. The first-order valence-electron chi connectivity index (χ1n) is 9.18. The van der Waals surface area contributed by atoms with Gasteiger partial charge in [-0.2, -0.15) is 0 Å². The van der Waals surface area contributed by atoms with Gasteiger partial charge in [0, 0.05) is 0 Å². The number of carbonyl (C=O) groups excluding carboxylic acids is 3. The summed E-state index contributed by atoms with van der Waals surface area (Å²) in [6.45, 7) is 7.29. The van der Waals surface area contributed by atoms with Gasteiger partial charge >= 0.3 is 11.9 Å². The molecule has 152 valence electrons. The van der Waals surface area contributed by atoms with Gasteiger partial charge in [0.05, 0.1) is 35.2 Å². The Kier molecular flexibility index (Phi) is 6.22. The Morgan fingerprint density at radius 1 is 1.28 bits per heavy atom. The van der Waals surface area contributed by atoms with Gasteiger partial charge in [-0.05, 0) is 31.0 Å². The molecule has 2 aliphatic rings. The number of esters is 2. The standard InChI is InChI=1S/C21H22N2O5S/c1-5-11-28-20(26)16-12(3)22-21-23(18(24)15(6-2)29-21)17(16)13-7-9-14(10-8-13)19(25)27-4/h5,7-10,15,17H,1,6,11H2,2-4H3. The number of benzene rings is 1. The third kappa shape index (κ3) is 3.85. The fourth-order valence-electron chi connectivity index (χ4n) is 3.30. The van der Waals surface area contributed by atoms with Crippen LogP contribution >= 0.6 is 11.8 Å². The molecule has 2 unspecified atom stereocenters. The number of thioether (sulfide) groups is 1. The number of amides is 1. The zero-order valence-electron chi connectivity index (χ0n) is 16.5. The van der Waals surface area contributed by atoms with Gasteiger partial charge in [0.15, 0.2) is 5.17 Å². The van der Waals surface area contributed by atoms with E-state index in [2.05, 4.69) is 11.6 Å². The number of nitrogens with zero attached hydrogens (tertiary/aromatic N) is 2. The van der Waals surface area contributed by atoms with Gasteiger partial charge in [-0.15, -0.1) is 0 Å². The molecule has 7 nitrogen and oxygen atoms in total. The molecule has 1 aromatic carbocycles. The molecule has 8 heteroatoms. The number of rotatable bonds is 6. The van der Waals surface area contributed by atoms with Crippen LogP contribution in [0.1, 0.15) is 42.2 Å². The minimum absolute atomic E-state index is 0.0560. The lowest BCUT2D eigenvalue weighted by atomic mass is 9.93. The van der Waals surface area contributed by atoms with Crippen molar-refractivity contribution < 1.29 is 23.9 Å². The molecule has 1 saturated heterocycles. The van der Waals surface area contributed by atoms with Crippen molar-refractivity contribution in [1.82, 2.24) is 4.90 Å². The van der Waals surface area contributed by atoms with Gasteiger partial charge in [0.1, 0.15) is 6.61 Å². The van der Waals surface area contributed by atoms with Crippen LogP contribution in [0.2, 0.25) is 0 Å². The molecule has 1 amide bonds. The number of fused-ring (bicyclic) bond motifs is 1. The van der Waals surface area contributed by atoms with Crippen molar-refractivity contribution in [2.45, 2.75) is 31.6 Å². The SMILES string of the molecule is C=CCOC(=O)C1=C(C)N=C2SC(CC)C(=O)N2C1c1ccc(C(=O)OC)cc1. The highest BCUT2D eigenvalue weighted by atomic mass is 32.2. The van der Waals surface area contributed by atoms with Gasteiger partial charge < -0.3 is 9.47 Å². The minimum Gasteiger partial charge on any atom is -0.465 e. The fourth-order valence-corrected chi connectivity index (χ4v) is 4.43. The Hall–Kier alpha value is -2.87. The van der Waals surface area contributed by atoms with E-state index in [1.807, 2.05) is 6.92 Å². The molecule has 0 radical (unpaired) electrons. The molecular weight excluding hydrogens is 392 g/mol. The molecule has 2 atom stereocenters. The highest BCUT2D eigenvalue weighted by Crippen LogP contribution is 2.44. The molecule has 1 aromatic rings. The van der Waals surface area contributed by atoms with Crippen molar-refractivity contribution in [2.75, 3.05) is 13.7 Å². The molecule has 2 heterocycles. The number of hydrogen-bond donors (Lipinski definition) is 0. The summed E-state index contributed by atoms with van der Waals surface area (Å²) in [5.41, 5.74) is 1.86. The van der Waals surface area contributed by atoms with E-state index < -0.39 is 18.0 Å². The van der Waals surface area contributed by atoms with E-state index in [-0.39, 0.29) is 17.8 Å². The Bertz CT molecular complexity index is 920. The largest absolute Gasteiger partial charge is 0.465 e. The Morgan fingerprint density at radius 2 is 1.97 bits per heavy atom. The Balaban J connectivity index is 2.08. The maximum atomic E-state index is 13.0. The molecule has 2 aliphatic heterocycles. The van der Waals surface area contributed by atoms with E-state index in [0.29, 0.717) is 34.0 Å². The van der Waals surface area contributed by atoms with Crippen molar-refractivity contribution in [3.63, 3.8) is 0 Å². The fraction of sp³-hybridized carbons (Fsp3) is 0.333. The first-order valence-corrected chi connectivity index (χ1v) is 10.1. The first kappa shape index (κ1) is 20.9. The normalized spacial score (nSPS) is 20.9. The van der Waals surface area contributed by atoms with Crippen LogP contribution in [0.15, 0.2) is 53.2 Å². The lowest BCUT2D eigenvalue weighted by Gasteiger charge is -2.33. The molecular formula is C21H22N2O5S. The number of ether oxygens (including phenoxy) is 2. The van der Waals surface area contributed by atoms with Crippen LogP contribution in [0.25, 0.3) is 0 Å². The van der Waals surface area contributed by atoms with Crippen LogP contribution in [0.3, 0.4) is 0 Å². The van der Waals surface area contributed by atoms with Crippen molar-refractivity contribution in [3.05, 3.63) is 59.3 Å². The van der Waals surface area contributed by atoms with Crippen molar-refractivity contribution in [2.24, 2.45) is 4.99 Å². The molecule has 0 spiro atoms. The summed E-state index contributed by atoms with van der Waals surface area (Å²) in [6.07, 6.45) is 2.14. The van der Waals surface area contributed by atoms with Crippen LogP contribution in [-0.4, -0.2) is 46.9 Å². The molecule has 0 bridgehead atoms. The van der Waals surface area contributed by atoms with Gasteiger partial charge in [-0.1, -0.05) is 43.5 Å². The third-order valence-corrected chi connectivity index (χ3v) is 6.04. The average Bonchev–Trinajstić information content (AvgIpc) is 3.05. The lowest BCUT2D eigenvalue weighted by molar-refractivity contribution is -0.139.